The van der Waals surface area contributed by atoms with Gasteiger partial charge < -0.3 is 9.47 Å². The largest absolute Gasteiger partial charge is 0.350 e. The number of hydrogen-bond acceptors (Lipinski definition) is 4. The van der Waals surface area contributed by atoms with Crippen LogP contribution in [-0.2, 0) is 19.5 Å². The molecule has 2 aliphatic heterocycles. The maximum absolute atomic E-state index is 12.7. The smallest absolute Gasteiger partial charge is 0.243 e. The van der Waals surface area contributed by atoms with Crippen LogP contribution in [0.1, 0.15) is 12.8 Å². The first-order valence-electron chi connectivity index (χ1n) is 7.06. The molecule has 3 rings (SSSR count). The van der Waals surface area contributed by atoms with Crippen molar-refractivity contribution in [2.24, 2.45) is 5.92 Å². The molecule has 1 unspecified atom stereocenters. The first kappa shape index (κ1) is 15.2. The Kier molecular flexibility index (Phi) is 4.51. The summed E-state index contributed by atoms with van der Waals surface area (Å²) in [5.74, 6) is 0.0928. The van der Waals surface area contributed by atoms with Crippen molar-refractivity contribution in [3.63, 3.8) is 0 Å². The van der Waals surface area contributed by atoms with E-state index in [0.717, 1.165) is 12.8 Å². The summed E-state index contributed by atoms with van der Waals surface area (Å²) in [6.07, 6.45) is 1.46. The first-order valence-corrected chi connectivity index (χ1v) is 8.88. The summed E-state index contributed by atoms with van der Waals surface area (Å²) in [5, 5.41) is 0.423. The monoisotopic (exact) mass is 331 g/mol. The number of benzene rings is 1. The molecule has 0 aromatic heterocycles. The fourth-order valence-electron chi connectivity index (χ4n) is 2.84. The molecule has 2 heterocycles. The van der Waals surface area contributed by atoms with E-state index in [2.05, 4.69) is 0 Å². The molecule has 0 saturated carbocycles. The highest BCUT2D eigenvalue weighted by molar-refractivity contribution is 7.89. The molecule has 2 saturated heterocycles. The Bertz CT molecular complexity index is 601. The summed E-state index contributed by atoms with van der Waals surface area (Å²) in [7, 11) is -3.51. The molecular formula is C14H18ClNO4S. The molecule has 1 aromatic rings. The third-order valence-electron chi connectivity index (χ3n) is 3.89. The van der Waals surface area contributed by atoms with Gasteiger partial charge in [-0.25, -0.2) is 8.42 Å². The highest BCUT2D eigenvalue weighted by Crippen LogP contribution is 2.29. The predicted molar refractivity (Wildman–Crippen MR) is 78.6 cm³/mol. The molecule has 21 heavy (non-hydrogen) atoms. The van der Waals surface area contributed by atoms with Crippen LogP contribution in [0.25, 0.3) is 0 Å². The summed E-state index contributed by atoms with van der Waals surface area (Å²) in [6.45, 7) is 2.13. The van der Waals surface area contributed by atoms with E-state index in [4.69, 9.17) is 21.1 Å². The number of ether oxygens (including phenoxy) is 2. The second-order valence-corrected chi connectivity index (χ2v) is 7.71. The summed E-state index contributed by atoms with van der Waals surface area (Å²) in [4.78, 5) is 0.240. The topological polar surface area (TPSA) is 55.8 Å². The van der Waals surface area contributed by atoms with Crippen LogP contribution in [0.4, 0.5) is 0 Å². The first-order chi connectivity index (χ1) is 10.1. The van der Waals surface area contributed by atoms with Crippen molar-refractivity contribution in [2.75, 3.05) is 26.3 Å². The van der Waals surface area contributed by atoms with E-state index >= 15 is 0 Å². The Morgan fingerprint density at radius 3 is 2.71 bits per heavy atom. The van der Waals surface area contributed by atoms with Crippen molar-refractivity contribution in [3.8, 4) is 0 Å². The standard InChI is InChI=1S/C14H18ClNO4S/c15-12-4-1-5-13(9-12)21(17,18)16-6-2-3-11(10-16)14-19-7-8-20-14/h1,4-5,9,11,14H,2-3,6-8,10H2. The maximum atomic E-state index is 12.7. The molecule has 0 radical (unpaired) electrons. The zero-order valence-corrected chi connectivity index (χ0v) is 13.1. The molecule has 2 fully saturated rings. The minimum absolute atomic E-state index is 0.0928. The van der Waals surface area contributed by atoms with Gasteiger partial charge in [0.25, 0.3) is 0 Å². The van der Waals surface area contributed by atoms with Gasteiger partial charge in [-0.1, -0.05) is 17.7 Å². The molecule has 0 aliphatic carbocycles. The third-order valence-corrected chi connectivity index (χ3v) is 5.98. The lowest BCUT2D eigenvalue weighted by Gasteiger charge is -2.33. The van der Waals surface area contributed by atoms with Gasteiger partial charge in [0.1, 0.15) is 0 Å². The second kappa shape index (κ2) is 6.22. The van der Waals surface area contributed by atoms with Crippen molar-refractivity contribution in [1.82, 2.24) is 4.31 Å². The predicted octanol–water partition coefficient (Wildman–Crippen LogP) is 2.11. The zero-order valence-electron chi connectivity index (χ0n) is 11.6. The van der Waals surface area contributed by atoms with E-state index in [9.17, 15) is 8.42 Å². The number of piperidine rings is 1. The van der Waals surface area contributed by atoms with Gasteiger partial charge in [0.05, 0.1) is 18.1 Å². The fraction of sp³-hybridized carbons (Fsp3) is 0.571. The van der Waals surface area contributed by atoms with Crippen molar-refractivity contribution >= 4 is 21.6 Å². The minimum atomic E-state index is -3.51. The number of rotatable bonds is 3. The van der Waals surface area contributed by atoms with Gasteiger partial charge in [-0.15, -0.1) is 0 Å². The molecule has 116 valence electrons. The Balaban J connectivity index is 1.78. The Morgan fingerprint density at radius 2 is 2.00 bits per heavy atom. The van der Waals surface area contributed by atoms with Crippen molar-refractivity contribution < 1.29 is 17.9 Å². The average molecular weight is 332 g/mol. The Morgan fingerprint density at radius 1 is 1.24 bits per heavy atom. The molecule has 0 spiro atoms. The van der Waals surface area contributed by atoms with Crippen LogP contribution in [0.5, 0.6) is 0 Å². The lowest BCUT2D eigenvalue weighted by atomic mass is 9.99. The van der Waals surface area contributed by atoms with Gasteiger partial charge >= 0.3 is 0 Å². The van der Waals surface area contributed by atoms with Crippen LogP contribution < -0.4 is 0 Å². The summed E-state index contributed by atoms with van der Waals surface area (Å²) < 4.78 is 37.9. The quantitative estimate of drug-likeness (QED) is 0.851. The highest BCUT2D eigenvalue weighted by Gasteiger charge is 2.36. The van der Waals surface area contributed by atoms with Crippen molar-refractivity contribution in [1.29, 1.82) is 0 Å². The van der Waals surface area contributed by atoms with Crippen molar-refractivity contribution in [2.45, 2.75) is 24.0 Å². The maximum Gasteiger partial charge on any atom is 0.243 e. The van der Waals surface area contributed by atoms with Gasteiger partial charge in [0.2, 0.25) is 10.0 Å². The van der Waals surface area contributed by atoms with E-state index in [1.165, 1.54) is 10.4 Å². The summed E-state index contributed by atoms with van der Waals surface area (Å²) in [6, 6.07) is 6.39. The molecule has 7 heteroatoms. The van der Waals surface area contributed by atoms with E-state index in [0.29, 0.717) is 31.3 Å². The molecule has 0 N–H and O–H groups in total. The summed E-state index contributed by atoms with van der Waals surface area (Å²) in [5.41, 5.74) is 0. The van der Waals surface area contributed by atoms with Gasteiger partial charge in [-0.3, -0.25) is 0 Å². The van der Waals surface area contributed by atoms with E-state index in [1.54, 1.807) is 18.2 Å². The minimum Gasteiger partial charge on any atom is -0.350 e. The third kappa shape index (κ3) is 3.24. The van der Waals surface area contributed by atoms with Crippen molar-refractivity contribution in [3.05, 3.63) is 29.3 Å². The number of halogens is 1. The number of hydrogen-bond donors (Lipinski definition) is 0. The van der Waals surface area contributed by atoms with E-state index in [1.807, 2.05) is 0 Å². The zero-order chi connectivity index (χ0) is 14.9. The van der Waals surface area contributed by atoms with Crippen LogP contribution in [0, 0.1) is 5.92 Å². The Hall–Kier alpha value is -0.660. The van der Waals surface area contributed by atoms with E-state index in [-0.39, 0.29) is 17.1 Å². The molecular weight excluding hydrogens is 314 g/mol. The molecule has 0 bridgehead atoms. The van der Waals surface area contributed by atoms with E-state index < -0.39 is 10.0 Å². The normalized spacial score (nSPS) is 25.3. The van der Waals surface area contributed by atoms with Crippen LogP contribution in [-0.4, -0.2) is 45.3 Å². The SMILES string of the molecule is O=S(=O)(c1cccc(Cl)c1)N1CCCC(C2OCCO2)C1. The molecule has 2 aliphatic rings. The highest BCUT2D eigenvalue weighted by atomic mass is 35.5. The molecule has 0 amide bonds. The Labute approximate surface area is 129 Å². The van der Waals surface area contributed by atoms with Gasteiger partial charge in [0, 0.05) is 24.0 Å². The fourth-order valence-corrected chi connectivity index (χ4v) is 4.68. The summed E-state index contributed by atoms with van der Waals surface area (Å²) >= 11 is 5.90. The molecule has 1 atom stereocenters. The van der Waals surface area contributed by atoms with Gasteiger partial charge in [0.15, 0.2) is 6.29 Å². The van der Waals surface area contributed by atoms with Crippen LogP contribution in [0.3, 0.4) is 0 Å². The molecule has 1 aromatic carbocycles. The van der Waals surface area contributed by atoms with Crippen LogP contribution >= 0.6 is 11.6 Å². The van der Waals surface area contributed by atoms with Crippen LogP contribution in [0.2, 0.25) is 5.02 Å². The lowest BCUT2D eigenvalue weighted by Crippen LogP contribution is -2.43. The molecule has 5 nitrogen and oxygen atoms in total. The lowest BCUT2D eigenvalue weighted by molar-refractivity contribution is -0.0940. The van der Waals surface area contributed by atoms with Crippen LogP contribution in [0.15, 0.2) is 29.2 Å². The number of nitrogens with zero attached hydrogens (tertiary/aromatic N) is 1. The van der Waals surface area contributed by atoms with Gasteiger partial charge in [-0.05, 0) is 31.0 Å². The number of sulfonamides is 1. The average Bonchev–Trinajstić information content (AvgIpc) is 3.02. The second-order valence-electron chi connectivity index (χ2n) is 5.33. The van der Waals surface area contributed by atoms with Gasteiger partial charge in [-0.2, -0.15) is 4.31 Å².